The molecule has 5 heteroatoms. The fraction of sp³-hybridized carbons (Fsp3) is 0.500. The minimum absolute atomic E-state index is 0.531. The fourth-order valence-electron chi connectivity index (χ4n) is 2.19. The Labute approximate surface area is 122 Å². The fourth-order valence-corrected chi connectivity index (χ4v) is 3.34. The van der Waals surface area contributed by atoms with Crippen LogP contribution in [-0.2, 0) is 0 Å². The van der Waals surface area contributed by atoms with Gasteiger partial charge in [0.2, 0.25) is 0 Å². The topological polar surface area (TPSA) is 28.2 Å². The van der Waals surface area contributed by atoms with Gasteiger partial charge in [-0.2, -0.15) is 0 Å². The molecule has 1 unspecified atom stereocenters. The average Bonchev–Trinajstić information content (AvgIpc) is 3.16. The van der Waals surface area contributed by atoms with Gasteiger partial charge in [-0.3, -0.25) is 4.90 Å². The molecule has 1 aliphatic carbocycles. The van der Waals surface area contributed by atoms with E-state index in [-0.39, 0.29) is 0 Å². The number of hydrogen-bond donors (Lipinski definition) is 1. The smallest absolute Gasteiger partial charge is 0.183 e. The molecule has 1 atom stereocenters. The van der Waals surface area contributed by atoms with Crippen molar-refractivity contribution in [2.24, 2.45) is 0 Å². The first-order valence-corrected chi connectivity index (χ1v) is 7.85. The number of thiazole rings is 1. The average molecular weight is 296 g/mol. The quantitative estimate of drug-likeness (QED) is 0.908. The highest BCUT2D eigenvalue weighted by atomic mass is 35.5. The van der Waals surface area contributed by atoms with Gasteiger partial charge in [0.15, 0.2) is 5.13 Å². The van der Waals surface area contributed by atoms with E-state index in [2.05, 4.69) is 29.2 Å². The first-order chi connectivity index (χ1) is 9.13. The molecule has 1 saturated carbocycles. The summed E-state index contributed by atoms with van der Waals surface area (Å²) in [5, 5.41) is 5.19. The van der Waals surface area contributed by atoms with E-state index in [9.17, 15) is 0 Å². The van der Waals surface area contributed by atoms with Gasteiger partial charge in [-0.1, -0.05) is 22.9 Å². The third kappa shape index (κ3) is 3.02. The second kappa shape index (κ2) is 5.27. The summed E-state index contributed by atoms with van der Waals surface area (Å²) in [5.74, 6) is 0. The first-order valence-electron chi connectivity index (χ1n) is 6.65. The van der Waals surface area contributed by atoms with Gasteiger partial charge >= 0.3 is 0 Å². The van der Waals surface area contributed by atoms with Crippen LogP contribution in [0.2, 0.25) is 5.02 Å². The van der Waals surface area contributed by atoms with Crippen molar-refractivity contribution in [3.63, 3.8) is 0 Å². The normalized spacial score (nSPS) is 17.1. The van der Waals surface area contributed by atoms with E-state index in [0.29, 0.717) is 6.04 Å². The molecule has 102 valence electrons. The van der Waals surface area contributed by atoms with Crippen LogP contribution in [0.15, 0.2) is 18.2 Å². The van der Waals surface area contributed by atoms with Crippen molar-refractivity contribution in [3.8, 4) is 0 Å². The van der Waals surface area contributed by atoms with Crippen molar-refractivity contribution in [1.29, 1.82) is 0 Å². The summed E-state index contributed by atoms with van der Waals surface area (Å²) in [6, 6.07) is 7.16. The highest BCUT2D eigenvalue weighted by molar-refractivity contribution is 7.22. The van der Waals surface area contributed by atoms with Crippen molar-refractivity contribution < 1.29 is 0 Å². The number of nitrogens with zero attached hydrogens (tertiary/aromatic N) is 2. The molecule has 1 aromatic carbocycles. The van der Waals surface area contributed by atoms with Crippen LogP contribution in [0.25, 0.3) is 10.2 Å². The van der Waals surface area contributed by atoms with Crippen molar-refractivity contribution in [1.82, 2.24) is 9.88 Å². The molecule has 1 aliphatic rings. The van der Waals surface area contributed by atoms with Crippen molar-refractivity contribution in [2.45, 2.75) is 31.8 Å². The second-order valence-electron chi connectivity index (χ2n) is 5.26. The maximum atomic E-state index is 5.99. The van der Waals surface area contributed by atoms with Crippen molar-refractivity contribution in [2.75, 3.05) is 18.9 Å². The largest absolute Gasteiger partial charge is 0.360 e. The SMILES string of the molecule is CC(CNc1nc2ccc(Cl)cc2s1)N(C)C1CC1. The zero-order valence-corrected chi connectivity index (χ0v) is 12.8. The number of fused-ring (bicyclic) bond motifs is 1. The first kappa shape index (κ1) is 13.2. The van der Waals surface area contributed by atoms with Crippen LogP contribution in [-0.4, -0.2) is 35.6 Å². The predicted octanol–water partition coefficient (Wildman–Crippen LogP) is 3.84. The van der Waals surface area contributed by atoms with Gasteiger partial charge < -0.3 is 5.32 Å². The number of likely N-dealkylation sites (N-methyl/N-ethyl adjacent to an activating group) is 1. The van der Waals surface area contributed by atoms with Crippen LogP contribution in [0.4, 0.5) is 5.13 Å². The predicted molar refractivity (Wildman–Crippen MR) is 83.4 cm³/mol. The highest BCUT2D eigenvalue weighted by Gasteiger charge is 2.28. The lowest BCUT2D eigenvalue weighted by atomic mass is 10.3. The summed E-state index contributed by atoms with van der Waals surface area (Å²) in [6.45, 7) is 3.19. The van der Waals surface area contributed by atoms with Crippen LogP contribution in [0.5, 0.6) is 0 Å². The lowest BCUT2D eigenvalue weighted by molar-refractivity contribution is 0.257. The van der Waals surface area contributed by atoms with Crippen LogP contribution >= 0.6 is 22.9 Å². The Bertz CT molecular complexity index is 579. The summed E-state index contributed by atoms with van der Waals surface area (Å²) in [6.07, 6.45) is 2.70. The number of hydrogen-bond acceptors (Lipinski definition) is 4. The maximum Gasteiger partial charge on any atom is 0.183 e. The van der Waals surface area contributed by atoms with E-state index in [4.69, 9.17) is 11.6 Å². The number of aromatic nitrogens is 1. The molecule has 3 rings (SSSR count). The monoisotopic (exact) mass is 295 g/mol. The Hall–Kier alpha value is -0.840. The summed E-state index contributed by atoms with van der Waals surface area (Å²) in [4.78, 5) is 7.03. The zero-order chi connectivity index (χ0) is 13.4. The van der Waals surface area contributed by atoms with Crippen molar-refractivity contribution in [3.05, 3.63) is 23.2 Å². The van der Waals surface area contributed by atoms with E-state index < -0.39 is 0 Å². The van der Waals surface area contributed by atoms with Crippen LogP contribution in [0, 0.1) is 0 Å². The standard InChI is InChI=1S/C14H18ClN3S/c1-9(18(2)11-4-5-11)8-16-14-17-12-6-3-10(15)7-13(12)19-14/h3,6-7,9,11H,4-5,8H2,1-2H3,(H,16,17). The van der Waals surface area contributed by atoms with Gasteiger partial charge in [0, 0.05) is 23.7 Å². The molecule has 0 saturated heterocycles. The zero-order valence-electron chi connectivity index (χ0n) is 11.2. The maximum absolute atomic E-state index is 5.99. The lowest BCUT2D eigenvalue weighted by Gasteiger charge is -2.24. The summed E-state index contributed by atoms with van der Waals surface area (Å²) in [5.41, 5.74) is 1.01. The third-order valence-corrected chi connectivity index (χ3v) is 4.93. The van der Waals surface area contributed by atoms with E-state index in [0.717, 1.165) is 33.0 Å². The third-order valence-electron chi connectivity index (χ3n) is 3.72. The summed E-state index contributed by atoms with van der Waals surface area (Å²) < 4.78 is 1.14. The van der Waals surface area contributed by atoms with Crippen LogP contribution in [0.1, 0.15) is 19.8 Å². The van der Waals surface area contributed by atoms with Gasteiger partial charge in [0.05, 0.1) is 10.2 Å². The molecule has 0 bridgehead atoms. The van der Waals surface area contributed by atoms with Gasteiger partial charge in [-0.05, 0) is 45.0 Å². The Morgan fingerprint density at radius 2 is 2.32 bits per heavy atom. The minimum atomic E-state index is 0.531. The number of nitrogens with one attached hydrogen (secondary N) is 1. The Morgan fingerprint density at radius 3 is 3.05 bits per heavy atom. The van der Waals surface area contributed by atoms with Gasteiger partial charge in [-0.25, -0.2) is 4.98 Å². The van der Waals surface area contributed by atoms with Crippen LogP contribution < -0.4 is 5.32 Å². The summed E-state index contributed by atoms with van der Waals surface area (Å²) >= 11 is 7.65. The summed E-state index contributed by atoms with van der Waals surface area (Å²) in [7, 11) is 2.21. The Balaban J connectivity index is 1.64. The molecule has 3 nitrogen and oxygen atoms in total. The molecule has 0 spiro atoms. The van der Waals surface area contributed by atoms with Crippen molar-refractivity contribution >= 4 is 38.3 Å². The van der Waals surface area contributed by atoms with Gasteiger partial charge in [0.1, 0.15) is 0 Å². The molecule has 1 aromatic heterocycles. The second-order valence-corrected chi connectivity index (χ2v) is 6.72. The molecule has 1 fully saturated rings. The number of rotatable bonds is 5. The van der Waals surface area contributed by atoms with E-state index >= 15 is 0 Å². The highest BCUT2D eigenvalue weighted by Crippen LogP contribution is 2.29. The minimum Gasteiger partial charge on any atom is -0.360 e. The molecule has 1 heterocycles. The molecular formula is C14H18ClN3S. The molecule has 2 aromatic rings. The van der Waals surface area contributed by atoms with Gasteiger partial charge in [-0.15, -0.1) is 0 Å². The Kier molecular flexibility index (Phi) is 3.65. The molecule has 1 N–H and O–H groups in total. The van der Waals surface area contributed by atoms with E-state index in [1.54, 1.807) is 11.3 Å². The molecular weight excluding hydrogens is 278 g/mol. The van der Waals surface area contributed by atoms with Crippen LogP contribution in [0.3, 0.4) is 0 Å². The molecule has 19 heavy (non-hydrogen) atoms. The van der Waals surface area contributed by atoms with E-state index in [1.807, 2.05) is 18.2 Å². The Morgan fingerprint density at radius 1 is 1.53 bits per heavy atom. The number of anilines is 1. The number of benzene rings is 1. The molecule has 0 radical (unpaired) electrons. The molecule has 0 aliphatic heterocycles. The van der Waals surface area contributed by atoms with Gasteiger partial charge in [0.25, 0.3) is 0 Å². The molecule has 0 amide bonds. The lowest BCUT2D eigenvalue weighted by Crippen LogP contribution is -2.36. The number of halogens is 1. The van der Waals surface area contributed by atoms with E-state index in [1.165, 1.54) is 12.8 Å².